The molecule has 378 valence electrons. The Hall–Kier alpha value is -6.17. The number of amides is 6. The smallest absolute Gasteiger partial charge is 0.325 e. The van der Waals surface area contributed by atoms with E-state index in [1.807, 2.05) is 10.2 Å². The molecule has 68 heavy (non-hydrogen) atoms. The van der Waals surface area contributed by atoms with Crippen LogP contribution in [0.25, 0.3) is 0 Å². The molecule has 2 aliphatic rings. The van der Waals surface area contributed by atoms with Crippen LogP contribution in [0.2, 0.25) is 0 Å². The zero-order valence-electron chi connectivity index (χ0n) is 38.7. The lowest BCUT2D eigenvalue weighted by Gasteiger charge is -2.31. The molecule has 6 atom stereocenters. The number of hydrogen-bond acceptors (Lipinski definition) is 14. The molecule has 0 radical (unpaired) electrons. The molecular formula is C44H65N7O16S. The molecule has 10 N–H and O–H groups in total. The molecule has 3 rings (SSSR count). The summed E-state index contributed by atoms with van der Waals surface area (Å²) >= 11 is 0. The molecule has 24 heteroatoms. The van der Waals surface area contributed by atoms with Crippen molar-refractivity contribution in [3.05, 3.63) is 30.3 Å². The molecule has 1 unspecified atom stereocenters. The van der Waals surface area contributed by atoms with Gasteiger partial charge < -0.3 is 46.7 Å². The lowest BCUT2D eigenvalue weighted by Crippen LogP contribution is -2.61. The van der Waals surface area contributed by atoms with Gasteiger partial charge in [0.25, 0.3) is 15.9 Å². The lowest BCUT2D eigenvalue weighted by molar-refractivity contribution is -0.159. The SMILES string of the molecule is CCC(C)[C@H](NC(=O)[C@H](CC(C)C)NC(=O)[C@@H](CCC(=O)O)NC(=O)[C@H](CC(=O)O)NOC(=O)CCC(=O)O)C(=O)N[C@@H](CC1CCCCC1)C(=O)NC1(C(=O)NS(=O)(=O)c2ccccc2)CC1. The van der Waals surface area contributed by atoms with Crippen molar-refractivity contribution in [3.8, 4) is 0 Å². The van der Waals surface area contributed by atoms with E-state index in [1.54, 1.807) is 33.8 Å². The third-order valence-corrected chi connectivity index (χ3v) is 13.1. The number of carboxylic acids is 3. The Bertz CT molecular complexity index is 2090. The average molecular weight is 980 g/mol. The van der Waals surface area contributed by atoms with Crippen molar-refractivity contribution in [2.45, 2.75) is 165 Å². The summed E-state index contributed by atoms with van der Waals surface area (Å²) in [6.07, 6.45) is 1.65. The van der Waals surface area contributed by atoms with Crippen LogP contribution >= 0.6 is 0 Å². The van der Waals surface area contributed by atoms with E-state index in [0.717, 1.165) is 32.1 Å². The Kier molecular flexibility index (Phi) is 21.8. The van der Waals surface area contributed by atoms with Crippen molar-refractivity contribution < 1.29 is 76.5 Å². The van der Waals surface area contributed by atoms with Crippen LogP contribution in [0.3, 0.4) is 0 Å². The first-order valence-electron chi connectivity index (χ1n) is 22.7. The van der Waals surface area contributed by atoms with Crippen LogP contribution in [0.15, 0.2) is 35.2 Å². The Labute approximate surface area is 394 Å². The summed E-state index contributed by atoms with van der Waals surface area (Å²) < 4.78 is 28.0. The first-order valence-corrected chi connectivity index (χ1v) is 24.2. The van der Waals surface area contributed by atoms with Gasteiger partial charge in [0.15, 0.2) is 0 Å². The van der Waals surface area contributed by atoms with Crippen LogP contribution in [-0.2, 0) is 62.8 Å². The van der Waals surface area contributed by atoms with E-state index in [2.05, 4.69) is 31.4 Å². The highest BCUT2D eigenvalue weighted by molar-refractivity contribution is 7.90. The summed E-state index contributed by atoms with van der Waals surface area (Å²) in [7, 11) is -4.27. The molecule has 1 aromatic rings. The molecule has 0 spiro atoms. The van der Waals surface area contributed by atoms with Crippen LogP contribution in [0.4, 0.5) is 0 Å². The third kappa shape index (κ3) is 18.5. The topological polar surface area (TPSA) is 359 Å². The fourth-order valence-electron chi connectivity index (χ4n) is 7.48. The van der Waals surface area contributed by atoms with Crippen LogP contribution < -0.4 is 36.8 Å². The van der Waals surface area contributed by atoms with Gasteiger partial charge in [0, 0.05) is 6.42 Å². The van der Waals surface area contributed by atoms with Crippen LogP contribution in [0.1, 0.15) is 124 Å². The third-order valence-electron chi connectivity index (χ3n) is 11.7. The zero-order chi connectivity index (χ0) is 50.8. The Morgan fingerprint density at radius 3 is 1.82 bits per heavy atom. The van der Waals surface area contributed by atoms with E-state index >= 15 is 0 Å². The van der Waals surface area contributed by atoms with Gasteiger partial charge in [-0.05, 0) is 62.0 Å². The number of sulfonamides is 1. The minimum atomic E-state index is -4.27. The first kappa shape index (κ1) is 56.2. The van der Waals surface area contributed by atoms with E-state index in [-0.39, 0.29) is 42.4 Å². The minimum absolute atomic E-state index is 0.0214. The average Bonchev–Trinajstić information content (AvgIpc) is 4.07. The molecule has 2 saturated carbocycles. The molecule has 2 aliphatic carbocycles. The second kappa shape index (κ2) is 26.4. The lowest BCUT2D eigenvalue weighted by atomic mass is 9.84. The van der Waals surface area contributed by atoms with E-state index in [0.29, 0.717) is 6.42 Å². The molecule has 6 amide bonds. The number of hydroxylamine groups is 1. The molecule has 0 bridgehead atoms. The number of carbonyl (C=O) groups excluding carboxylic acids is 7. The molecule has 0 saturated heterocycles. The predicted octanol–water partition coefficient (Wildman–Crippen LogP) is 0.763. The van der Waals surface area contributed by atoms with Crippen molar-refractivity contribution in [2.75, 3.05) is 0 Å². The van der Waals surface area contributed by atoms with Crippen molar-refractivity contribution >= 4 is 69.3 Å². The highest BCUT2D eigenvalue weighted by Gasteiger charge is 2.53. The van der Waals surface area contributed by atoms with Crippen molar-refractivity contribution in [1.29, 1.82) is 0 Å². The van der Waals surface area contributed by atoms with Crippen molar-refractivity contribution in [3.63, 3.8) is 0 Å². The summed E-state index contributed by atoms with van der Waals surface area (Å²) in [6, 6.07) is -0.190. The number of nitrogens with one attached hydrogen (secondary N) is 7. The predicted molar refractivity (Wildman–Crippen MR) is 239 cm³/mol. The summed E-state index contributed by atoms with van der Waals surface area (Å²) in [6.45, 7) is 6.89. The summed E-state index contributed by atoms with van der Waals surface area (Å²) in [5, 5.41) is 40.5. The number of carboxylic acid groups (broad SMARTS) is 3. The van der Waals surface area contributed by atoms with Gasteiger partial charge in [-0.15, -0.1) is 5.48 Å². The molecular weight excluding hydrogens is 915 g/mol. The van der Waals surface area contributed by atoms with Gasteiger partial charge in [0.1, 0.15) is 35.7 Å². The maximum atomic E-state index is 14.3. The quantitative estimate of drug-likeness (QED) is 0.0496. The second-order valence-electron chi connectivity index (χ2n) is 17.8. The van der Waals surface area contributed by atoms with E-state index in [4.69, 9.17) is 5.11 Å². The molecule has 0 aliphatic heterocycles. The van der Waals surface area contributed by atoms with Crippen LogP contribution in [-0.4, -0.2) is 119 Å². The molecule has 1 aromatic carbocycles. The number of carbonyl (C=O) groups is 10. The van der Waals surface area contributed by atoms with Crippen LogP contribution in [0.5, 0.6) is 0 Å². The maximum Gasteiger partial charge on any atom is 0.325 e. The van der Waals surface area contributed by atoms with Gasteiger partial charge in [0.2, 0.25) is 29.5 Å². The van der Waals surface area contributed by atoms with E-state index < -0.39 is 143 Å². The van der Waals surface area contributed by atoms with Gasteiger partial charge in [-0.1, -0.05) is 84.4 Å². The Morgan fingerprint density at radius 2 is 1.26 bits per heavy atom. The minimum Gasteiger partial charge on any atom is -0.481 e. The van der Waals surface area contributed by atoms with Gasteiger partial charge in [0.05, 0.1) is 24.2 Å². The zero-order valence-corrected chi connectivity index (χ0v) is 39.5. The van der Waals surface area contributed by atoms with Gasteiger partial charge in [-0.3, -0.25) is 47.9 Å². The van der Waals surface area contributed by atoms with Gasteiger partial charge in [-0.2, -0.15) is 0 Å². The van der Waals surface area contributed by atoms with Crippen molar-refractivity contribution in [1.82, 2.24) is 36.8 Å². The Balaban J connectivity index is 1.83. The van der Waals surface area contributed by atoms with Crippen molar-refractivity contribution in [2.24, 2.45) is 17.8 Å². The standard InChI is InChI=1S/C44H65N7O16S/c1-5-26(4)37(42(63)47-31(23-27-12-8-6-9-13-27)41(62)49-44(20-21-44)43(64)51-68(65,66)28-14-10-7-11-15-28)48-39(60)30(22-25(2)3)46-38(59)29(16-17-33(52)53)45-40(61)32(24-35(56)57)50-67-36(58)19-18-34(54)55/h7,10-11,14-15,25-27,29-32,37,50H,5-6,8-9,12-13,16-24H2,1-4H3,(H,45,61)(H,46,59)(H,47,63)(H,48,60)(H,49,62)(H,51,64)(H,52,53)(H,54,55)(H,56,57)/t26?,29-,30+,31+,32+,37+/m1/s1. The maximum absolute atomic E-state index is 14.3. The molecule has 2 fully saturated rings. The largest absolute Gasteiger partial charge is 0.481 e. The first-order chi connectivity index (χ1) is 32.0. The molecule has 0 aromatic heterocycles. The number of aliphatic carboxylic acids is 3. The number of hydrogen-bond donors (Lipinski definition) is 10. The number of rotatable bonds is 29. The highest BCUT2D eigenvalue weighted by Crippen LogP contribution is 2.37. The monoisotopic (exact) mass is 979 g/mol. The summed E-state index contributed by atoms with van der Waals surface area (Å²) in [4.78, 5) is 133. The van der Waals surface area contributed by atoms with Gasteiger partial charge >= 0.3 is 23.9 Å². The normalized spacial score (nSPS) is 17.1. The fourth-order valence-corrected chi connectivity index (χ4v) is 8.56. The van der Waals surface area contributed by atoms with Gasteiger partial charge in [-0.25, -0.2) is 13.1 Å². The Morgan fingerprint density at radius 1 is 0.691 bits per heavy atom. The van der Waals surface area contributed by atoms with E-state index in [9.17, 15) is 66.6 Å². The summed E-state index contributed by atoms with van der Waals surface area (Å²) in [5.74, 6) is -11.7. The number of benzene rings is 1. The van der Waals surface area contributed by atoms with Crippen LogP contribution in [0, 0.1) is 17.8 Å². The molecule has 23 nitrogen and oxygen atoms in total. The molecule has 0 heterocycles. The summed E-state index contributed by atoms with van der Waals surface area (Å²) in [5.41, 5.74) is 0.393. The fraction of sp³-hybridized carbons (Fsp3) is 0.636. The van der Waals surface area contributed by atoms with E-state index in [1.165, 1.54) is 24.3 Å². The highest BCUT2D eigenvalue weighted by atomic mass is 32.2. The second-order valence-corrected chi connectivity index (χ2v) is 19.5.